The van der Waals surface area contributed by atoms with Gasteiger partial charge in [-0.2, -0.15) is 0 Å². The molecular formula is C13H21NO4S2. The molecule has 7 heteroatoms. The van der Waals surface area contributed by atoms with Crippen molar-refractivity contribution in [2.75, 3.05) is 17.1 Å². The third-order valence-electron chi connectivity index (χ3n) is 2.67. The van der Waals surface area contributed by atoms with Crippen molar-refractivity contribution in [2.45, 2.75) is 34.6 Å². The molecule has 1 heterocycles. The molecule has 0 fully saturated rings. The van der Waals surface area contributed by atoms with Crippen LogP contribution in [0.15, 0.2) is 0 Å². The fourth-order valence-electron chi connectivity index (χ4n) is 1.77. The maximum atomic E-state index is 12.0. The topological polar surface area (TPSA) is 72.5 Å². The van der Waals surface area contributed by atoms with E-state index >= 15 is 0 Å². The summed E-state index contributed by atoms with van der Waals surface area (Å²) >= 11 is 1.26. The highest BCUT2D eigenvalue weighted by Gasteiger charge is 2.24. The molecule has 20 heavy (non-hydrogen) atoms. The molecule has 0 radical (unpaired) electrons. The van der Waals surface area contributed by atoms with Gasteiger partial charge in [0.2, 0.25) is 10.0 Å². The van der Waals surface area contributed by atoms with Crippen molar-refractivity contribution < 1.29 is 17.9 Å². The van der Waals surface area contributed by atoms with Gasteiger partial charge in [0, 0.05) is 4.88 Å². The summed E-state index contributed by atoms with van der Waals surface area (Å²) in [5, 5.41) is 0.346. The van der Waals surface area contributed by atoms with Crippen molar-refractivity contribution in [1.82, 2.24) is 0 Å². The SMILES string of the molecule is CCOC(=O)c1c(NS(=O)(=O)CC(C)C)sc(C)c1C. The van der Waals surface area contributed by atoms with Crippen LogP contribution in [0.25, 0.3) is 0 Å². The van der Waals surface area contributed by atoms with Gasteiger partial charge in [-0.05, 0) is 32.3 Å². The molecule has 1 aromatic rings. The van der Waals surface area contributed by atoms with E-state index in [2.05, 4.69) is 4.72 Å². The Labute approximate surface area is 124 Å². The van der Waals surface area contributed by atoms with E-state index in [1.54, 1.807) is 13.8 Å². The highest BCUT2D eigenvalue weighted by molar-refractivity contribution is 7.92. The number of anilines is 1. The molecule has 0 aliphatic carbocycles. The molecule has 1 aromatic heterocycles. The van der Waals surface area contributed by atoms with Gasteiger partial charge >= 0.3 is 5.97 Å². The first-order chi connectivity index (χ1) is 9.18. The molecule has 0 bridgehead atoms. The smallest absolute Gasteiger partial charge is 0.341 e. The van der Waals surface area contributed by atoms with Gasteiger partial charge in [0.05, 0.1) is 17.9 Å². The van der Waals surface area contributed by atoms with Gasteiger partial charge in [-0.15, -0.1) is 11.3 Å². The number of thiophene rings is 1. The van der Waals surface area contributed by atoms with Crippen LogP contribution in [0, 0.1) is 19.8 Å². The Balaban J connectivity index is 3.13. The number of carbonyl (C=O) groups is 1. The van der Waals surface area contributed by atoms with Crippen molar-refractivity contribution in [3.8, 4) is 0 Å². The van der Waals surface area contributed by atoms with Crippen LogP contribution in [-0.4, -0.2) is 26.7 Å². The Morgan fingerprint density at radius 1 is 1.35 bits per heavy atom. The second-order valence-electron chi connectivity index (χ2n) is 4.99. The van der Waals surface area contributed by atoms with Crippen molar-refractivity contribution in [3.63, 3.8) is 0 Å². The number of hydrogen-bond donors (Lipinski definition) is 1. The molecule has 5 nitrogen and oxygen atoms in total. The van der Waals surface area contributed by atoms with Crippen LogP contribution in [-0.2, 0) is 14.8 Å². The van der Waals surface area contributed by atoms with E-state index in [4.69, 9.17) is 4.74 Å². The number of sulfonamides is 1. The average Bonchev–Trinajstić information content (AvgIpc) is 2.51. The molecule has 0 amide bonds. The molecule has 0 saturated heterocycles. The van der Waals surface area contributed by atoms with Crippen LogP contribution in [0.3, 0.4) is 0 Å². The number of carbonyl (C=O) groups excluding carboxylic acids is 1. The summed E-state index contributed by atoms with van der Waals surface area (Å²) in [4.78, 5) is 12.9. The van der Waals surface area contributed by atoms with Crippen LogP contribution in [0.2, 0.25) is 0 Å². The zero-order valence-electron chi connectivity index (χ0n) is 12.4. The Bertz CT molecular complexity index is 588. The second-order valence-corrected chi connectivity index (χ2v) is 7.98. The first kappa shape index (κ1) is 17.0. The predicted octanol–water partition coefficient (Wildman–Crippen LogP) is 2.94. The molecule has 0 unspecified atom stereocenters. The third kappa shape index (κ3) is 4.21. The number of ether oxygens (including phenoxy) is 1. The van der Waals surface area contributed by atoms with E-state index in [1.165, 1.54) is 11.3 Å². The lowest BCUT2D eigenvalue weighted by Gasteiger charge is -2.10. The van der Waals surface area contributed by atoms with Gasteiger partial charge in [0.25, 0.3) is 0 Å². The summed E-state index contributed by atoms with van der Waals surface area (Å²) in [6.07, 6.45) is 0. The predicted molar refractivity (Wildman–Crippen MR) is 82.0 cm³/mol. The van der Waals surface area contributed by atoms with E-state index in [9.17, 15) is 13.2 Å². The van der Waals surface area contributed by atoms with Crippen LogP contribution in [0.4, 0.5) is 5.00 Å². The first-order valence-electron chi connectivity index (χ1n) is 6.45. The minimum atomic E-state index is -3.46. The van der Waals surface area contributed by atoms with Gasteiger partial charge in [0.1, 0.15) is 5.00 Å². The Morgan fingerprint density at radius 2 is 1.95 bits per heavy atom. The molecule has 1 N–H and O–H groups in total. The fraction of sp³-hybridized carbons (Fsp3) is 0.615. The van der Waals surface area contributed by atoms with Crippen LogP contribution < -0.4 is 4.72 Å². The van der Waals surface area contributed by atoms with E-state index in [-0.39, 0.29) is 18.3 Å². The molecule has 114 valence electrons. The minimum Gasteiger partial charge on any atom is -0.462 e. The molecule has 0 aromatic carbocycles. The summed E-state index contributed by atoms with van der Waals surface area (Å²) in [6.45, 7) is 9.27. The molecule has 0 spiro atoms. The standard InChI is InChI=1S/C13H21NO4S2/c1-6-18-13(15)11-9(4)10(5)19-12(11)14-20(16,17)7-8(2)3/h8,14H,6-7H2,1-5H3. The fourth-order valence-corrected chi connectivity index (χ4v) is 4.56. The Kier molecular flexibility index (Phi) is 5.59. The van der Waals surface area contributed by atoms with E-state index in [0.717, 1.165) is 10.4 Å². The van der Waals surface area contributed by atoms with Crippen molar-refractivity contribution >= 4 is 32.3 Å². The van der Waals surface area contributed by atoms with E-state index < -0.39 is 16.0 Å². The molecule has 0 saturated carbocycles. The maximum Gasteiger partial charge on any atom is 0.341 e. The van der Waals surface area contributed by atoms with E-state index in [1.807, 2.05) is 20.8 Å². The molecular weight excluding hydrogens is 298 g/mol. The van der Waals surface area contributed by atoms with Crippen molar-refractivity contribution in [2.24, 2.45) is 5.92 Å². The van der Waals surface area contributed by atoms with Crippen LogP contribution in [0.5, 0.6) is 0 Å². The van der Waals surface area contributed by atoms with Gasteiger partial charge in [0.15, 0.2) is 0 Å². The zero-order valence-corrected chi connectivity index (χ0v) is 14.1. The van der Waals surface area contributed by atoms with Crippen LogP contribution >= 0.6 is 11.3 Å². The molecule has 0 atom stereocenters. The van der Waals surface area contributed by atoms with Gasteiger partial charge in [-0.1, -0.05) is 13.8 Å². The lowest BCUT2D eigenvalue weighted by molar-refractivity contribution is 0.0527. The largest absolute Gasteiger partial charge is 0.462 e. The quantitative estimate of drug-likeness (QED) is 0.818. The van der Waals surface area contributed by atoms with Crippen molar-refractivity contribution in [3.05, 3.63) is 16.0 Å². The lowest BCUT2D eigenvalue weighted by atomic mass is 10.2. The highest BCUT2D eigenvalue weighted by Crippen LogP contribution is 2.33. The molecule has 0 aliphatic heterocycles. The van der Waals surface area contributed by atoms with E-state index in [0.29, 0.717) is 10.6 Å². The molecule has 1 rings (SSSR count). The summed E-state index contributed by atoms with van der Waals surface area (Å²) in [5.74, 6) is -0.456. The third-order valence-corrected chi connectivity index (χ3v) is 5.54. The summed E-state index contributed by atoms with van der Waals surface area (Å²) in [6, 6.07) is 0. The van der Waals surface area contributed by atoms with Crippen molar-refractivity contribution in [1.29, 1.82) is 0 Å². The number of rotatable bonds is 6. The number of esters is 1. The minimum absolute atomic E-state index is 0.0145. The summed E-state index contributed by atoms with van der Waals surface area (Å²) in [5.41, 5.74) is 1.08. The number of aryl methyl sites for hydroxylation is 1. The lowest BCUT2D eigenvalue weighted by Crippen LogP contribution is -2.21. The average molecular weight is 319 g/mol. The van der Waals surface area contributed by atoms with Crippen LogP contribution in [0.1, 0.15) is 41.6 Å². The summed E-state index contributed by atoms with van der Waals surface area (Å²) in [7, 11) is -3.46. The normalized spacial score (nSPS) is 11.7. The van der Waals surface area contributed by atoms with Gasteiger partial charge in [-0.3, -0.25) is 4.72 Å². The number of nitrogens with one attached hydrogen (secondary N) is 1. The van der Waals surface area contributed by atoms with Gasteiger partial charge < -0.3 is 4.74 Å². The monoisotopic (exact) mass is 319 g/mol. The first-order valence-corrected chi connectivity index (χ1v) is 8.92. The Hall–Kier alpha value is -1.08. The zero-order chi connectivity index (χ0) is 15.5. The number of hydrogen-bond acceptors (Lipinski definition) is 5. The second kappa shape index (κ2) is 6.58. The molecule has 0 aliphatic rings. The van der Waals surface area contributed by atoms with Gasteiger partial charge in [-0.25, -0.2) is 13.2 Å². The maximum absolute atomic E-state index is 12.0. The Morgan fingerprint density at radius 3 is 2.45 bits per heavy atom. The summed E-state index contributed by atoms with van der Waals surface area (Å²) < 4.78 is 31.5. The highest BCUT2D eigenvalue weighted by atomic mass is 32.2.